The Hall–Kier alpha value is -0.400. The molecular formula is C9H14N2S2. The van der Waals surface area contributed by atoms with Gasteiger partial charge in [-0.15, -0.1) is 0 Å². The maximum absolute atomic E-state index is 5.77. The number of fused-ring (bicyclic) bond motifs is 2. The third kappa shape index (κ3) is 5.78. The summed E-state index contributed by atoms with van der Waals surface area (Å²) >= 11 is 7.62. The Morgan fingerprint density at radius 1 is 0.846 bits per heavy atom. The largest absolute Gasteiger partial charge is 0.248 e. The number of hydrogen-bond acceptors (Lipinski definition) is 4. The minimum atomic E-state index is 1.17. The average molecular weight is 214 g/mol. The van der Waals surface area contributed by atoms with Crippen molar-refractivity contribution in [1.29, 1.82) is 10.8 Å². The Kier molecular flexibility index (Phi) is 7.96. The molecule has 13 heavy (non-hydrogen) atoms. The quantitative estimate of drug-likeness (QED) is 0.478. The molecule has 4 heteroatoms. The van der Waals surface area contributed by atoms with Gasteiger partial charge in [0.25, 0.3) is 0 Å². The van der Waals surface area contributed by atoms with Crippen molar-refractivity contribution in [3.63, 3.8) is 0 Å². The lowest BCUT2D eigenvalue weighted by Crippen LogP contribution is -1.90. The van der Waals surface area contributed by atoms with Gasteiger partial charge in [0.2, 0.25) is 0 Å². The molecule has 0 aliphatic heterocycles. The predicted molar refractivity (Wildman–Crippen MR) is 60.7 cm³/mol. The molecule has 2 rings (SSSR count). The first-order chi connectivity index (χ1) is 6.28. The zero-order valence-corrected chi connectivity index (χ0v) is 9.14. The van der Waals surface area contributed by atoms with E-state index in [2.05, 4.69) is 24.4 Å². The Balaban J connectivity index is 0.000000208. The van der Waals surface area contributed by atoms with Gasteiger partial charge in [0.15, 0.2) is 0 Å². The van der Waals surface area contributed by atoms with Crippen LogP contribution in [0.3, 0.4) is 0 Å². The van der Waals surface area contributed by atoms with Crippen LogP contribution < -0.4 is 0 Å². The molecule has 2 saturated carbocycles. The summed E-state index contributed by atoms with van der Waals surface area (Å²) in [4.78, 5) is 0. The first-order valence-electron chi connectivity index (χ1n) is 4.36. The number of isothiocyanates is 2. The molecule has 0 spiro atoms. The lowest BCUT2D eigenvalue weighted by molar-refractivity contribution is 0.480. The van der Waals surface area contributed by atoms with Crippen LogP contribution in [0, 0.1) is 22.7 Å². The van der Waals surface area contributed by atoms with Gasteiger partial charge < -0.3 is 0 Å². The van der Waals surface area contributed by atoms with Gasteiger partial charge in [0.1, 0.15) is 0 Å². The second kappa shape index (κ2) is 8.21. The van der Waals surface area contributed by atoms with Gasteiger partial charge in [-0.05, 0) is 42.7 Å². The Labute approximate surface area is 89.7 Å². The van der Waals surface area contributed by atoms with Crippen LogP contribution in [0.25, 0.3) is 0 Å². The van der Waals surface area contributed by atoms with Gasteiger partial charge in [0.05, 0.1) is 10.3 Å². The number of hydrogen-bond donors (Lipinski definition) is 2. The minimum Gasteiger partial charge on any atom is -0.248 e. The van der Waals surface area contributed by atoms with Crippen LogP contribution >= 0.6 is 24.4 Å². The smallest absolute Gasteiger partial charge is 0.0554 e. The monoisotopic (exact) mass is 214 g/mol. The van der Waals surface area contributed by atoms with E-state index < -0.39 is 0 Å². The molecule has 0 aromatic carbocycles. The molecule has 2 fully saturated rings. The van der Waals surface area contributed by atoms with Gasteiger partial charge in [-0.25, -0.2) is 10.8 Å². The fourth-order valence-electron chi connectivity index (χ4n) is 2.17. The van der Waals surface area contributed by atoms with Crippen molar-refractivity contribution in [2.45, 2.75) is 32.1 Å². The van der Waals surface area contributed by atoms with Crippen LogP contribution in [-0.2, 0) is 0 Å². The molecule has 2 bridgehead atoms. The van der Waals surface area contributed by atoms with Crippen LogP contribution in [0.4, 0.5) is 0 Å². The normalized spacial score (nSPS) is 27.1. The molecule has 72 valence electrons. The molecular weight excluding hydrogens is 200 g/mol. The molecule has 2 aliphatic carbocycles. The third-order valence-electron chi connectivity index (χ3n) is 2.63. The minimum absolute atomic E-state index is 1.17. The summed E-state index contributed by atoms with van der Waals surface area (Å²) in [5.41, 5.74) is 0. The number of nitrogens with one attached hydrogen (secondary N) is 2. The van der Waals surface area contributed by atoms with E-state index in [1.165, 1.54) is 11.8 Å². The van der Waals surface area contributed by atoms with E-state index in [9.17, 15) is 0 Å². The van der Waals surface area contributed by atoms with E-state index in [1.807, 2.05) is 0 Å². The van der Waals surface area contributed by atoms with E-state index >= 15 is 0 Å². The first-order valence-corrected chi connectivity index (χ1v) is 5.17. The van der Waals surface area contributed by atoms with Crippen molar-refractivity contribution in [1.82, 2.24) is 0 Å². The summed E-state index contributed by atoms with van der Waals surface area (Å²) in [6, 6.07) is 0. The van der Waals surface area contributed by atoms with Gasteiger partial charge in [-0.2, -0.15) is 0 Å². The highest BCUT2D eigenvalue weighted by atomic mass is 32.1. The van der Waals surface area contributed by atoms with Crippen molar-refractivity contribution in [3.8, 4) is 0 Å². The fourth-order valence-corrected chi connectivity index (χ4v) is 2.17. The summed E-state index contributed by atoms with van der Waals surface area (Å²) < 4.78 is 0. The van der Waals surface area contributed by atoms with Crippen molar-refractivity contribution in [2.75, 3.05) is 0 Å². The molecule has 0 amide bonds. The standard InChI is InChI=1S/C7H12.2CHNS/c1-2-7-4-3-6(1)5-7;2*2-1-3/h6-7H,1-5H2;2*2H. The second-order valence-electron chi connectivity index (χ2n) is 3.33. The van der Waals surface area contributed by atoms with E-state index in [-0.39, 0.29) is 0 Å². The predicted octanol–water partition coefficient (Wildman–Crippen LogP) is 3.53. The van der Waals surface area contributed by atoms with E-state index in [4.69, 9.17) is 10.8 Å². The van der Waals surface area contributed by atoms with Crippen molar-refractivity contribution < 1.29 is 0 Å². The van der Waals surface area contributed by atoms with Gasteiger partial charge in [-0.3, -0.25) is 0 Å². The highest BCUT2D eigenvalue weighted by Crippen LogP contribution is 2.43. The van der Waals surface area contributed by atoms with Crippen LogP contribution in [0.5, 0.6) is 0 Å². The molecule has 0 radical (unpaired) electrons. The lowest BCUT2D eigenvalue weighted by Gasteiger charge is -2.05. The van der Waals surface area contributed by atoms with Gasteiger partial charge >= 0.3 is 0 Å². The van der Waals surface area contributed by atoms with Crippen LogP contribution in [0.1, 0.15) is 32.1 Å². The zero-order chi connectivity index (χ0) is 10.1. The molecule has 0 aromatic rings. The number of thiocarbonyl (C=S) groups is 2. The molecule has 0 aromatic heterocycles. The van der Waals surface area contributed by atoms with Crippen molar-refractivity contribution in [2.24, 2.45) is 11.8 Å². The van der Waals surface area contributed by atoms with Crippen LogP contribution in [0.2, 0.25) is 0 Å². The maximum atomic E-state index is 5.77. The Morgan fingerprint density at radius 3 is 1.15 bits per heavy atom. The first kappa shape index (κ1) is 12.6. The topological polar surface area (TPSA) is 47.7 Å². The zero-order valence-electron chi connectivity index (χ0n) is 7.51. The van der Waals surface area contributed by atoms with Crippen LogP contribution in [-0.4, -0.2) is 10.3 Å². The molecule has 0 unspecified atom stereocenters. The highest BCUT2D eigenvalue weighted by Gasteiger charge is 2.30. The van der Waals surface area contributed by atoms with Crippen molar-refractivity contribution >= 4 is 34.8 Å². The average Bonchev–Trinajstić information content (AvgIpc) is 2.69. The van der Waals surface area contributed by atoms with Crippen molar-refractivity contribution in [3.05, 3.63) is 0 Å². The fraction of sp³-hybridized carbons (Fsp3) is 0.778. The molecule has 0 heterocycles. The molecule has 2 N–H and O–H groups in total. The summed E-state index contributed by atoms with van der Waals surface area (Å²) in [7, 11) is 0. The lowest BCUT2D eigenvalue weighted by atomic mass is 10.0. The second-order valence-corrected chi connectivity index (χ2v) is 3.73. The molecule has 2 aliphatic rings. The van der Waals surface area contributed by atoms with Gasteiger partial charge in [0, 0.05) is 0 Å². The van der Waals surface area contributed by atoms with Gasteiger partial charge in [-0.1, -0.05) is 25.7 Å². The maximum Gasteiger partial charge on any atom is 0.0554 e. The van der Waals surface area contributed by atoms with E-state index in [0.717, 1.165) is 0 Å². The molecule has 2 nitrogen and oxygen atoms in total. The third-order valence-corrected chi connectivity index (χ3v) is 2.63. The summed E-state index contributed by atoms with van der Waals surface area (Å²) in [5, 5.41) is 14.7. The van der Waals surface area contributed by atoms with E-state index in [1.54, 1.807) is 42.4 Å². The van der Waals surface area contributed by atoms with E-state index in [0.29, 0.717) is 0 Å². The Bertz CT molecular complexity index is 174. The van der Waals surface area contributed by atoms with Crippen LogP contribution in [0.15, 0.2) is 0 Å². The highest BCUT2D eigenvalue weighted by molar-refractivity contribution is 7.78. The summed E-state index contributed by atoms with van der Waals surface area (Å²) in [6.45, 7) is 0. The summed E-state index contributed by atoms with van der Waals surface area (Å²) in [5.74, 6) is 2.34. The molecule has 0 atom stereocenters. The Morgan fingerprint density at radius 2 is 1.08 bits per heavy atom. The molecule has 0 saturated heterocycles. The SMILES string of the molecule is C1CC2CCC1C2.N=C=S.N=C=S. The summed E-state index contributed by atoms with van der Waals surface area (Å²) in [6.07, 6.45) is 7.82. The number of rotatable bonds is 0.